The number of nitrogens with one attached hydrogen (secondary N) is 1. The number of alkyl carbamates (subject to hydrolysis) is 1. The summed E-state index contributed by atoms with van der Waals surface area (Å²) < 4.78 is 9.84. The van der Waals surface area contributed by atoms with E-state index in [-0.39, 0.29) is 17.2 Å². The van der Waals surface area contributed by atoms with Gasteiger partial charge in [-0.3, -0.25) is 10.1 Å². The normalized spacial score (nSPS) is 12.7. The summed E-state index contributed by atoms with van der Waals surface area (Å²) in [7, 11) is 1.28. The third-order valence-corrected chi connectivity index (χ3v) is 5.97. The first-order valence-corrected chi connectivity index (χ1v) is 12.3. The van der Waals surface area contributed by atoms with E-state index in [9.17, 15) is 19.5 Å². The van der Waals surface area contributed by atoms with Crippen LogP contribution in [0.3, 0.4) is 0 Å². The molecule has 7 heteroatoms. The quantitative estimate of drug-likeness (QED) is 0.274. The molecule has 0 spiro atoms. The van der Waals surface area contributed by atoms with Gasteiger partial charge in [-0.15, -0.1) is 0 Å². The second kappa shape index (κ2) is 14.1. The molecule has 0 aliphatic heterocycles. The number of aromatic hydroxyl groups is 1. The van der Waals surface area contributed by atoms with E-state index in [0.29, 0.717) is 36.5 Å². The van der Waals surface area contributed by atoms with Crippen molar-refractivity contribution >= 4 is 11.9 Å². The Labute approximate surface area is 212 Å². The lowest BCUT2D eigenvalue weighted by Gasteiger charge is -2.11. The Bertz CT molecular complexity index is 1140. The second-order valence-electron chi connectivity index (χ2n) is 9.38. The molecule has 7 nitrogen and oxygen atoms in total. The summed E-state index contributed by atoms with van der Waals surface area (Å²) in [4.78, 5) is 36.5. The van der Waals surface area contributed by atoms with Crippen molar-refractivity contribution < 1.29 is 23.8 Å². The maximum absolute atomic E-state index is 12.9. The number of allylic oxidation sites excluding steroid dienone is 3. The highest BCUT2D eigenvalue weighted by molar-refractivity contribution is 6.09. The highest BCUT2D eigenvalue weighted by Crippen LogP contribution is 2.26. The van der Waals surface area contributed by atoms with Crippen molar-refractivity contribution in [3.8, 4) is 5.75 Å². The predicted molar refractivity (Wildman–Crippen MR) is 140 cm³/mol. The van der Waals surface area contributed by atoms with Crippen LogP contribution in [0, 0.1) is 5.92 Å². The minimum absolute atomic E-state index is 0.185. The predicted octanol–water partition coefficient (Wildman–Crippen LogP) is 6.06. The summed E-state index contributed by atoms with van der Waals surface area (Å²) in [5.74, 6) is -0.168. The number of methoxy groups -OCH3 is 1. The molecule has 1 unspecified atom stereocenters. The molecule has 1 atom stereocenters. The Hall–Kier alpha value is -3.61. The first kappa shape index (κ1) is 28.6. The summed E-state index contributed by atoms with van der Waals surface area (Å²) in [6.45, 7) is 7.89. The zero-order valence-corrected chi connectivity index (χ0v) is 21.8. The largest absolute Gasteiger partial charge is 0.507 e. The van der Waals surface area contributed by atoms with Gasteiger partial charge in [-0.05, 0) is 61.6 Å². The van der Waals surface area contributed by atoms with Crippen molar-refractivity contribution in [1.29, 1.82) is 0 Å². The van der Waals surface area contributed by atoms with Crippen LogP contribution in [0.5, 0.6) is 5.75 Å². The van der Waals surface area contributed by atoms with E-state index in [1.807, 2.05) is 19.1 Å². The van der Waals surface area contributed by atoms with Gasteiger partial charge in [0.2, 0.25) is 0 Å². The summed E-state index contributed by atoms with van der Waals surface area (Å²) in [5.41, 5.74) is 1.50. The van der Waals surface area contributed by atoms with Crippen LogP contribution in [0.1, 0.15) is 80.1 Å². The number of Topliss-reactive ketones (excluding diaryl/α,β-unsaturated/α-hetero) is 1. The van der Waals surface area contributed by atoms with E-state index in [1.165, 1.54) is 24.9 Å². The third-order valence-electron chi connectivity index (χ3n) is 5.97. The van der Waals surface area contributed by atoms with Crippen LogP contribution in [-0.2, 0) is 17.6 Å². The molecule has 0 aliphatic rings. The number of ether oxygens (including phenoxy) is 1. The molecular weight excluding hydrogens is 458 g/mol. The number of amides is 1. The van der Waals surface area contributed by atoms with Crippen LogP contribution in [0.25, 0.3) is 0 Å². The number of ketones is 1. The van der Waals surface area contributed by atoms with Gasteiger partial charge in [0.05, 0.1) is 7.11 Å². The zero-order valence-electron chi connectivity index (χ0n) is 21.8. The van der Waals surface area contributed by atoms with Gasteiger partial charge >= 0.3 is 11.7 Å². The minimum Gasteiger partial charge on any atom is -0.507 e. The Morgan fingerprint density at radius 2 is 1.78 bits per heavy atom. The number of carbonyl (C=O) groups is 2. The lowest BCUT2D eigenvalue weighted by atomic mass is 9.98. The van der Waals surface area contributed by atoms with E-state index in [4.69, 9.17) is 4.42 Å². The number of hydrogen-bond donors (Lipinski definition) is 2. The van der Waals surface area contributed by atoms with Gasteiger partial charge in [-0.2, -0.15) is 0 Å². The fourth-order valence-electron chi connectivity index (χ4n) is 3.57. The minimum atomic E-state index is -0.855. The smallest absolute Gasteiger partial charge is 0.410 e. The number of aryl methyl sites for hydroxylation is 1. The van der Waals surface area contributed by atoms with Gasteiger partial charge in [0.15, 0.2) is 5.78 Å². The molecule has 1 aromatic heterocycles. The third kappa shape index (κ3) is 8.87. The topological polar surface area (TPSA) is 106 Å². The fourth-order valence-corrected chi connectivity index (χ4v) is 3.57. The van der Waals surface area contributed by atoms with Gasteiger partial charge in [-0.25, -0.2) is 9.59 Å². The highest BCUT2D eigenvalue weighted by Gasteiger charge is 2.22. The first-order chi connectivity index (χ1) is 17.1. The van der Waals surface area contributed by atoms with Gasteiger partial charge in [0.25, 0.3) is 0 Å². The molecule has 2 N–H and O–H groups in total. The van der Waals surface area contributed by atoms with Crippen molar-refractivity contribution in [2.45, 2.75) is 65.7 Å². The molecule has 1 amide bonds. The monoisotopic (exact) mass is 495 g/mol. The maximum Gasteiger partial charge on any atom is 0.410 e. The van der Waals surface area contributed by atoms with Crippen LogP contribution >= 0.6 is 0 Å². The van der Waals surface area contributed by atoms with Crippen LogP contribution in [0.4, 0.5) is 4.79 Å². The summed E-state index contributed by atoms with van der Waals surface area (Å²) >= 11 is 0. The average Bonchev–Trinajstić information content (AvgIpc) is 2.85. The van der Waals surface area contributed by atoms with Crippen LogP contribution in [0.2, 0.25) is 0 Å². The molecule has 36 heavy (non-hydrogen) atoms. The summed E-state index contributed by atoms with van der Waals surface area (Å²) in [5, 5.41) is 12.9. The van der Waals surface area contributed by atoms with Gasteiger partial charge in [-0.1, -0.05) is 57.2 Å². The Balaban J connectivity index is 2.02. The van der Waals surface area contributed by atoms with Crippen LogP contribution in [0.15, 0.2) is 63.5 Å². The fraction of sp³-hybridized carbons (Fsp3) is 0.414. The number of rotatable bonds is 12. The van der Waals surface area contributed by atoms with Gasteiger partial charge < -0.3 is 14.3 Å². The molecule has 1 aromatic carbocycles. The number of hydrogen-bond acceptors (Lipinski definition) is 6. The Morgan fingerprint density at radius 3 is 2.39 bits per heavy atom. The SMILES string of the molecule is COC(=O)N/C=C/CCC(C)c1cc(O)c(C(=O)/C(C)=C\Cc2ccc(CCC(C)C)cc2)c(=O)o1. The molecule has 0 saturated heterocycles. The molecule has 0 aliphatic carbocycles. The van der Waals surface area contributed by atoms with E-state index in [2.05, 4.69) is 36.0 Å². The average molecular weight is 496 g/mol. The lowest BCUT2D eigenvalue weighted by Crippen LogP contribution is -2.17. The van der Waals surface area contributed by atoms with Crippen molar-refractivity contribution in [1.82, 2.24) is 5.32 Å². The van der Waals surface area contributed by atoms with Crippen molar-refractivity contribution in [2.24, 2.45) is 5.92 Å². The second-order valence-corrected chi connectivity index (χ2v) is 9.38. The summed E-state index contributed by atoms with van der Waals surface area (Å²) in [6, 6.07) is 9.64. The number of carbonyl (C=O) groups excluding carboxylic acids is 2. The Morgan fingerprint density at radius 1 is 1.11 bits per heavy atom. The first-order valence-electron chi connectivity index (χ1n) is 12.3. The van der Waals surface area contributed by atoms with Gasteiger partial charge in [0.1, 0.15) is 17.1 Å². The molecular formula is C29H37NO6. The summed E-state index contributed by atoms with van der Waals surface area (Å²) in [6.07, 6.45) is 8.34. The van der Waals surface area contributed by atoms with Crippen LogP contribution in [-0.4, -0.2) is 24.1 Å². The van der Waals surface area contributed by atoms with Crippen LogP contribution < -0.4 is 10.9 Å². The van der Waals surface area contributed by atoms with Crippen molar-refractivity contribution in [3.05, 3.63) is 87.1 Å². The lowest BCUT2D eigenvalue weighted by molar-refractivity contribution is 0.102. The van der Waals surface area contributed by atoms with E-state index in [0.717, 1.165) is 18.4 Å². The molecule has 1 heterocycles. The molecule has 0 saturated carbocycles. The van der Waals surface area contributed by atoms with E-state index in [1.54, 1.807) is 19.1 Å². The molecule has 0 fully saturated rings. The van der Waals surface area contributed by atoms with Crippen molar-refractivity contribution in [3.63, 3.8) is 0 Å². The maximum atomic E-state index is 12.9. The highest BCUT2D eigenvalue weighted by atomic mass is 16.5. The standard InChI is InChI=1S/C29H37NO6/c1-19(2)9-11-22-13-15-23(16-14-22)12-10-21(4)27(32)26-24(31)18-25(36-28(26)33)20(3)8-6-7-17-30-29(34)35-5/h7,10,13-20,31H,6,8-9,11-12H2,1-5H3,(H,30,34)/b17-7+,21-10-. The van der Waals surface area contributed by atoms with Gasteiger partial charge in [0, 0.05) is 18.2 Å². The molecule has 2 rings (SSSR count). The molecule has 194 valence electrons. The molecule has 0 radical (unpaired) electrons. The zero-order chi connectivity index (χ0) is 26.7. The molecule has 0 bridgehead atoms. The van der Waals surface area contributed by atoms with E-state index >= 15 is 0 Å². The molecule has 2 aromatic rings. The van der Waals surface area contributed by atoms with Crippen molar-refractivity contribution in [2.75, 3.05) is 7.11 Å². The Kier molecular flexibility index (Phi) is 11.2. The number of benzene rings is 1. The van der Waals surface area contributed by atoms with E-state index < -0.39 is 17.5 Å².